The van der Waals surface area contributed by atoms with Crippen molar-refractivity contribution in [3.63, 3.8) is 0 Å². The minimum absolute atomic E-state index is 0.398. The van der Waals surface area contributed by atoms with E-state index in [1.165, 1.54) is 0 Å². The molecule has 96 valence electrons. The molecule has 0 fully saturated rings. The van der Waals surface area contributed by atoms with Crippen LogP contribution in [0.15, 0.2) is 12.1 Å². The monoisotopic (exact) mass is 257 g/mol. The first-order valence-corrected chi connectivity index (χ1v) is 6.40. The molecule has 0 saturated carbocycles. The molecule has 0 spiro atoms. The van der Waals surface area contributed by atoms with E-state index >= 15 is 0 Å². The molecular weight excluding hydrogens is 238 g/mol. The molecule has 0 aliphatic carbocycles. The van der Waals surface area contributed by atoms with Crippen LogP contribution < -0.4 is 4.90 Å². The fraction of sp³-hybridized carbons (Fsp3) is 0.667. The third-order valence-electron chi connectivity index (χ3n) is 2.80. The molecule has 0 N–H and O–H groups in total. The maximum Gasteiger partial charge on any atom is 0.151 e. The number of aromatic nitrogens is 2. The van der Waals surface area contributed by atoms with Gasteiger partial charge in [-0.05, 0) is 25.5 Å². The normalized spacial score (nSPS) is 12.5. The van der Waals surface area contributed by atoms with Crippen molar-refractivity contribution < 1.29 is 4.74 Å². The highest BCUT2D eigenvalue weighted by atomic mass is 35.5. The lowest BCUT2D eigenvalue weighted by Crippen LogP contribution is -2.36. The van der Waals surface area contributed by atoms with Crippen molar-refractivity contribution in [3.8, 4) is 0 Å². The van der Waals surface area contributed by atoms with Gasteiger partial charge in [0.25, 0.3) is 0 Å². The number of halogens is 1. The molecule has 1 heterocycles. The van der Waals surface area contributed by atoms with Crippen LogP contribution in [-0.2, 0) is 10.6 Å². The number of rotatable bonds is 7. The first-order chi connectivity index (χ1) is 8.22. The van der Waals surface area contributed by atoms with Crippen LogP contribution in [0.2, 0.25) is 0 Å². The maximum absolute atomic E-state index is 5.70. The average Bonchev–Trinajstić information content (AvgIpc) is 2.39. The summed E-state index contributed by atoms with van der Waals surface area (Å²) in [5.74, 6) is 1.28. The van der Waals surface area contributed by atoms with Crippen molar-refractivity contribution in [2.75, 3.05) is 25.2 Å². The minimum atomic E-state index is 0.398. The summed E-state index contributed by atoms with van der Waals surface area (Å²) < 4.78 is 5.12. The molecule has 0 aromatic carbocycles. The summed E-state index contributed by atoms with van der Waals surface area (Å²) in [6.45, 7) is 5.83. The summed E-state index contributed by atoms with van der Waals surface area (Å²) in [7, 11) is 1.71. The quantitative estimate of drug-likeness (QED) is 0.704. The van der Waals surface area contributed by atoms with Gasteiger partial charge >= 0.3 is 0 Å². The lowest BCUT2D eigenvalue weighted by atomic mass is 10.2. The summed E-state index contributed by atoms with van der Waals surface area (Å²) in [5, 5.41) is 8.29. The van der Waals surface area contributed by atoms with Gasteiger partial charge in [0.05, 0.1) is 18.2 Å². The Labute approximate surface area is 108 Å². The second-order valence-electron chi connectivity index (χ2n) is 3.96. The van der Waals surface area contributed by atoms with Crippen LogP contribution in [0.5, 0.6) is 0 Å². The van der Waals surface area contributed by atoms with Gasteiger partial charge in [0.15, 0.2) is 5.82 Å². The number of hydrogen-bond donors (Lipinski definition) is 0. The highest BCUT2D eigenvalue weighted by Crippen LogP contribution is 2.15. The second kappa shape index (κ2) is 7.45. The summed E-state index contributed by atoms with van der Waals surface area (Å²) >= 11 is 5.70. The first kappa shape index (κ1) is 14.2. The predicted molar refractivity (Wildman–Crippen MR) is 70.6 cm³/mol. The number of methoxy groups -OCH3 is 1. The lowest BCUT2D eigenvalue weighted by Gasteiger charge is -2.28. The topological polar surface area (TPSA) is 38.2 Å². The largest absolute Gasteiger partial charge is 0.383 e. The van der Waals surface area contributed by atoms with Crippen LogP contribution in [0.4, 0.5) is 5.82 Å². The van der Waals surface area contributed by atoms with Crippen LogP contribution in [0.3, 0.4) is 0 Å². The molecule has 1 aromatic rings. The van der Waals surface area contributed by atoms with E-state index in [1.54, 1.807) is 7.11 Å². The Hall–Kier alpha value is -0.870. The Balaban J connectivity index is 2.79. The van der Waals surface area contributed by atoms with Gasteiger partial charge in [0.1, 0.15) is 0 Å². The fourth-order valence-electron chi connectivity index (χ4n) is 1.55. The van der Waals surface area contributed by atoms with Crippen molar-refractivity contribution in [3.05, 3.63) is 17.8 Å². The SMILES string of the molecule is CCC(C)N(CCOC)c1ccc(CCl)nn1. The zero-order valence-electron chi connectivity index (χ0n) is 10.7. The van der Waals surface area contributed by atoms with Crippen LogP contribution >= 0.6 is 11.6 Å². The Morgan fingerprint density at radius 1 is 1.41 bits per heavy atom. The first-order valence-electron chi connectivity index (χ1n) is 5.87. The number of ether oxygens (including phenoxy) is 1. The van der Waals surface area contributed by atoms with Crippen molar-refractivity contribution in [1.29, 1.82) is 0 Å². The molecule has 0 bridgehead atoms. The molecule has 17 heavy (non-hydrogen) atoms. The van der Waals surface area contributed by atoms with E-state index in [2.05, 4.69) is 28.9 Å². The molecular formula is C12H20ClN3O. The lowest BCUT2D eigenvalue weighted by molar-refractivity contribution is 0.203. The summed E-state index contributed by atoms with van der Waals surface area (Å²) in [6, 6.07) is 4.30. The maximum atomic E-state index is 5.70. The summed E-state index contributed by atoms with van der Waals surface area (Å²) in [5.41, 5.74) is 0.797. The smallest absolute Gasteiger partial charge is 0.151 e. The molecule has 0 saturated heterocycles. The zero-order chi connectivity index (χ0) is 12.7. The fourth-order valence-corrected chi connectivity index (χ4v) is 1.69. The van der Waals surface area contributed by atoms with E-state index in [1.807, 2.05) is 12.1 Å². The molecule has 1 unspecified atom stereocenters. The van der Waals surface area contributed by atoms with E-state index < -0.39 is 0 Å². The zero-order valence-corrected chi connectivity index (χ0v) is 11.4. The van der Waals surface area contributed by atoms with E-state index in [4.69, 9.17) is 16.3 Å². The van der Waals surface area contributed by atoms with Gasteiger partial charge in [-0.3, -0.25) is 0 Å². The molecule has 1 atom stereocenters. The molecule has 5 heteroatoms. The third kappa shape index (κ3) is 4.13. The van der Waals surface area contributed by atoms with Crippen molar-refractivity contribution in [1.82, 2.24) is 10.2 Å². The summed E-state index contributed by atoms with van der Waals surface area (Å²) in [6.07, 6.45) is 1.06. The van der Waals surface area contributed by atoms with Crippen LogP contribution in [0.25, 0.3) is 0 Å². The number of anilines is 1. The second-order valence-corrected chi connectivity index (χ2v) is 4.23. The third-order valence-corrected chi connectivity index (χ3v) is 3.07. The van der Waals surface area contributed by atoms with Gasteiger partial charge in [-0.2, -0.15) is 5.10 Å². The standard InChI is InChI=1S/C12H20ClN3O/c1-4-10(2)16(7-8-17-3)12-6-5-11(9-13)14-15-12/h5-6,10H,4,7-9H2,1-3H3. The van der Waals surface area contributed by atoms with Gasteiger partial charge in [0.2, 0.25) is 0 Å². The van der Waals surface area contributed by atoms with E-state index in [9.17, 15) is 0 Å². The Morgan fingerprint density at radius 2 is 2.18 bits per heavy atom. The number of hydrogen-bond acceptors (Lipinski definition) is 4. The van der Waals surface area contributed by atoms with Gasteiger partial charge in [-0.25, -0.2) is 0 Å². The number of alkyl halides is 1. The van der Waals surface area contributed by atoms with Crippen LogP contribution in [-0.4, -0.2) is 36.5 Å². The van der Waals surface area contributed by atoms with Gasteiger partial charge in [0, 0.05) is 19.7 Å². The van der Waals surface area contributed by atoms with E-state index in [0.29, 0.717) is 18.5 Å². The van der Waals surface area contributed by atoms with Crippen LogP contribution in [0, 0.1) is 0 Å². The van der Waals surface area contributed by atoms with Gasteiger partial charge < -0.3 is 9.64 Å². The van der Waals surface area contributed by atoms with Crippen molar-refractivity contribution >= 4 is 17.4 Å². The van der Waals surface area contributed by atoms with Gasteiger partial charge in [-0.1, -0.05) is 6.92 Å². The van der Waals surface area contributed by atoms with Crippen LogP contribution in [0.1, 0.15) is 26.0 Å². The molecule has 0 amide bonds. The molecule has 0 aliphatic heterocycles. The number of nitrogens with zero attached hydrogens (tertiary/aromatic N) is 3. The minimum Gasteiger partial charge on any atom is -0.383 e. The summed E-state index contributed by atoms with van der Waals surface area (Å²) in [4.78, 5) is 2.20. The molecule has 1 aromatic heterocycles. The molecule has 0 aliphatic rings. The van der Waals surface area contributed by atoms with E-state index in [-0.39, 0.29) is 0 Å². The average molecular weight is 258 g/mol. The molecule has 4 nitrogen and oxygen atoms in total. The predicted octanol–water partition coefficient (Wildman–Crippen LogP) is 2.47. The van der Waals surface area contributed by atoms with Crippen molar-refractivity contribution in [2.24, 2.45) is 0 Å². The Bertz CT molecular complexity index is 318. The Morgan fingerprint density at radius 3 is 2.65 bits per heavy atom. The molecule has 1 rings (SSSR count). The molecule has 0 radical (unpaired) electrons. The van der Waals surface area contributed by atoms with Gasteiger partial charge in [-0.15, -0.1) is 16.7 Å². The Kier molecular flexibility index (Phi) is 6.22. The van der Waals surface area contributed by atoms with E-state index in [0.717, 1.165) is 24.5 Å². The highest BCUT2D eigenvalue weighted by molar-refractivity contribution is 6.16. The van der Waals surface area contributed by atoms with Crippen molar-refractivity contribution in [2.45, 2.75) is 32.2 Å². The highest BCUT2D eigenvalue weighted by Gasteiger charge is 2.14.